The van der Waals surface area contributed by atoms with E-state index in [0.29, 0.717) is 11.3 Å². The van der Waals surface area contributed by atoms with Gasteiger partial charge in [-0.05, 0) is 35.9 Å². The normalized spacial score (nSPS) is 11.3. The second kappa shape index (κ2) is 5.49. The van der Waals surface area contributed by atoms with Gasteiger partial charge in [-0.25, -0.2) is 4.98 Å². The third kappa shape index (κ3) is 3.00. The molecule has 21 heavy (non-hydrogen) atoms. The van der Waals surface area contributed by atoms with E-state index < -0.39 is 0 Å². The lowest BCUT2D eigenvalue weighted by molar-refractivity contribution is 1.24. The van der Waals surface area contributed by atoms with Gasteiger partial charge in [0, 0.05) is 16.1 Å². The molecule has 0 bridgehead atoms. The van der Waals surface area contributed by atoms with E-state index in [0.717, 1.165) is 21.1 Å². The summed E-state index contributed by atoms with van der Waals surface area (Å²) in [7, 11) is 0. The van der Waals surface area contributed by atoms with Crippen molar-refractivity contribution in [3.05, 3.63) is 52.5 Å². The van der Waals surface area contributed by atoms with Crippen molar-refractivity contribution in [3.63, 3.8) is 0 Å². The Kier molecular flexibility index (Phi) is 3.53. The number of nitrogens with two attached hydrogens (primary N) is 2. The number of fused-ring (bicyclic) bond motifs is 1. The molecule has 2 aromatic carbocycles. The van der Waals surface area contributed by atoms with E-state index in [1.165, 1.54) is 0 Å². The average molecular weight is 342 g/mol. The van der Waals surface area contributed by atoms with Gasteiger partial charge in [-0.1, -0.05) is 28.1 Å². The molecule has 104 valence electrons. The minimum atomic E-state index is 0.172. The van der Waals surface area contributed by atoms with Gasteiger partial charge in [0.15, 0.2) is 0 Å². The quantitative estimate of drug-likeness (QED) is 0.699. The van der Waals surface area contributed by atoms with Crippen molar-refractivity contribution in [3.8, 4) is 0 Å². The van der Waals surface area contributed by atoms with Crippen LogP contribution in [0.5, 0.6) is 0 Å². The van der Waals surface area contributed by atoms with Gasteiger partial charge in [0.05, 0.1) is 11.2 Å². The van der Waals surface area contributed by atoms with Crippen LogP contribution in [0.25, 0.3) is 10.9 Å². The largest absolute Gasteiger partial charge is 0.383 e. The lowest BCUT2D eigenvalue weighted by Crippen LogP contribution is -2.00. The first kappa shape index (κ1) is 13.5. The van der Waals surface area contributed by atoms with Crippen LogP contribution in [-0.2, 0) is 0 Å². The van der Waals surface area contributed by atoms with Crippen molar-refractivity contribution in [1.29, 1.82) is 0 Å². The molecule has 0 aliphatic rings. The highest BCUT2D eigenvalue weighted by molar-refractivity contribution is 9.10. The van der Waals surface area contributed by atoms with Gasteiger partial charge in [0.1, 0.15) is 5.82 Å². The van der Waals surface area contributed by atoms with Crippen LogP contribution in [0.1, 0.15) is 5.56 Å². The molecular weight excluding hydrogens is 330 g/mol. The average Bonchev–Trinajstić information content (AvgIpc) is 2.45. The number of hydrogen-bond acceptors (Lipinski definition) is 5. The van der Waals surface area contributed by atoms with E-state index in [1.807, 2.05) is 42.5 Å². The van der Waals surface area contributed by atoms with Crippen molar-refractivity contribution >= 4 is 50.5 Å². The van der Waals surface area contributed by atoms with E-state index in [4.69, 9.17) is 11.5 Å². The molecule has 1 aromatic heterocycles. The molecule has 0 aliphatic heterocycles. The van der Waals surface area contributed by atoms with E-state index in [1.54, 1.807) is 6.21 Å². The smallest absolute Gasteiger partial charge is 0.222 e. The molecule has 0 fully saturated rings. The summed E-state index contributed by atoms with van der Waals surface area (Å²) in [5, 5.41) is 0.744. The molecule has 3 rings (SSSR count). The second-order valence-electron chi connectivity index (χ2n) is 4.48. The summed E-state index contributed by atoms with van der Waals surface area (Å²) in [5.74, 6) is 0.530. The summed E-state index contributed by atoms with van der Waals surface area (Å²) in [6.45, 7) is 0. The maximum Gasteiger partial charge on any atom is 0.222 e. The molecular formula is C15H12BrN5. The van der Waals surface area contributed by atoms with Crippen LogP contribution < -0.4 is 11.5 Å². The molecule has 0 atom stereocenters. The maximum atomic E-state index is 5.86. The van der Waals surface area contributed by atoms with Crippen LogP contribution in [0.2, 0.25) is 0 Å². The summed E-state index contributed by atoms with van der Waals surface area (Å²) in [6.07, 6.45) is 1.79. The molecule has 4 N–H and O–H groups in total. The van der Waals surface area contributed by atoms with Gasteiger partial charge in [-0.2, -0.15) is 4.98 Å². The summed E-state index contributed by atoms with van der Waals surface area (Å²) in [5.41, 5.74) is 13.9. The first-order chi connectivity index (χ1) is 10.1. The Hall–Kier alpha value is -2.47. The lowest BCUT2D eigenvalue weighted by Gasteiger charge is -2.03. The Morgan fingerprint density at radius 1 is 1.05 bits per heavy atom. The number of nitrogens with zero attached hydrogens (tertiary/aromatic N) is 3. The molecule has 0 radical (unpaired) electrons. The Bertz CT molecular complexity index is 845. The van der Waals surface area contributed by atoms with Crippen LogP contribution in [-0.4, -0.2) is 16.2 Å². The number of nitrogen functional groups attached to an aromatic ring is 2. The summed E-state index contributed by atoms with van der Waals surface area (Å²) in [6, 6.07) is 13.4. The number of aliphatic imine (C=N–C) groups is 1. The van der Waals surface area contributed by atoms with Crippen molar-refractivity contribution < 1.29 is 0 Å². The van der Waals surface area contributed by atoms with Crippen LogP contribution in [0.3, 0.4) is 0 Å². The highest BCUT2D eigenvalue weighted by atomic mass is 79.9. The molecule has 0 saturated heterocycles. The number of rotatable bonds is 2. The first-order valence-corrected chi connectivity index (χ1v) is 7.03. The fraction of sp³-hybridized carbons (Fsp3) is 0. The van der Waals surface area contributed by atoms with Crippen LogP contribution >= 0.6 is 15.9 Å². The fourth-order valence-electron chi connectivity index (χ4n) is 1.97. The second-order valence-corrected chi connectivity index (χ2v) is 5.40. The Labute approximate surface area is 129 Å². The third-order valence-corrected chi connectivity index (χ3v) is 3.43. The minimum absolute atomic E-state index is 0.172. The van der Waals surface area contributed by atoms with Gasteiger partial charge >= 0.3 is 0 Å². The van der Waals surface area contributed by atoms with Crippen LogP contribution in [0.15, 0.2) is 51.9 Å². The van der Waals surface area contributed by atoms with Crippen molar-refractivity contribution in [2.75, 3.05) is 11.5 Å². The van der Waals surface area contributed by atoms with E-state index in [9.17, 15) is 0 Å². The standard InChI is InChI=1S/C15H12BrN5/c16-10-3-1-2-9(6-10)8-19-11-4-5-13-12(7-11)14(17)21-15(18)20-13/h1-8H,(H4,17,18,20,21). The monoisotopic (exact) mass is 341 g/mol. The lowest BCUT2D eigenvalue weighted by atomic mass is 10.2. The first-order valence-electron chi connectivity index (χ1n) is 6.24. The molecule has 0 amide bonds. The minimum Gasteiger partial charge on any atom is -0.383 e. The van der Waals surface area contributed by atoms with Gasteiger partial charge in [-0.3, -0.25) is 4.99 Å². The predicted molar refractivity (Wildman–Crippen MR) is 89.8 cm³/mol. The number of aromatic nitrogens is 2. The Morgan fingerprint density at radius 3 is 2.71 bits per heavy atom. The van der Waals surface area contributed by atoms with Crippen LogP contribution in [0.4, 0.5) is 17.5 Å². The van der Waals surface area contributed by atoms with Crippen molar-refractivity contribution in [2.24, 2.45) is 4.99 Å². The fourth-order valence-corrected chi connectivity index (χ4v) is 2.39. The van der Waals surface area contributed by atoms with E-state index >= 15 is 0 Å². The molecule has 6 heteroatoms. The third-order valence-electron chi connectivity index (χ3n) is 2.94. The van der Waals surface area contributed by atoms with E-state index in [2.05, 4.69) is 30.9 Å². The molecule has 0 aliphatic carbocycles. The summed E-state index contributed by atoms with van der Waals surface area (Å²) < 4.78 is 1.01. The van der Waals surface area contributed by atoms with Gasteiger partial charge in [-0.15, -0.1) is 0 Å². The molecule has 5 nitrogen and oxygen atoms in total. The predicted octanol–water partition coefficient (Wildman–Crippen LogP) is 3.31. The zero-order valence-corrected chi connectivity index (χ0v) is 12.6. The molecule has 0 spiro atoms. The molecule has 0 unspecified atom stereocenters. The van der Waals surface area contributed by atoms with Gasteiger partial charge in [0.2, 0.25) is 5.95 Å². The molecule has 0 saturated carbocycles. The van der Waals surface area contributed by atoms with Gasteiger partial charge in [0.25, 0.3) is 0 Å². The summed E-state index contributed by atoms with van der Waals surface area (Å²) >= 11 is 3.43. The number of halogens is 1. The zero-order valence-electron chi connectivity index (χ0n) is 11.0. The zero-order chi connectivity index (χ0) is 14.8. The number of anilines is 2. The number of hydrogen-bond donors (Lipinski definition) is 2. The van der Waals surface area contributed by atoms with Crippen molar-refractivity contribution in [1.82, 2.24) is 9.97 Å². The summed E-state index contributed by atoms with van der Waals surface area (Å²) in [4.78, 5) is 12.5. The van der Waals surface area contributed by atoms with E-state index in [-0.39, 0.29) is 5.95 Å². The number of benzene rings is 2. The Morgan fingerprint density at radius 2 is 1.90 bits per heavy atom. The van der Waals surface area contributed by atoms with Crippen LogP contribution in [0, 0.1) is 0 Å². The Balaban J connectivity index is 1.98. The SMILES string of the molecule is Nc1nc(N)c2cc(N=Cc3cccc(Br)c3)ccc2n1. The maximum absolute atomic E-state index is 5.86. The topological polar surface area (TPSA) is 90.2 Å². The highest BCUT2D eigenvalue weighted by Crippen LogP contribution is 2.24. The van der Waals surface area contributed by atoms with Crippen molar-refractivity contribution in [2.45, 2.75) is 0 Å². The highest BCUT2D eigenvalue weighted by Gasteiger charge is 2.03. The molecule has 1 heterocycles. The van der Waals surface area contributed by atoms with Gasteiger partial charge < -0.3 is 11.5 Å². The molecule has 3 aromatic rings.